The number of hydrogen-bond donors (Lipinski definition) is 0. The minimum atomic E-state index is -0.825. The second-order valence-electron chi connectivity index (χ2n) is 4.51. The Morgan fingerprint density at radius 1 is 1.61 bits per heavy atom. The summed E-state index contributed by atoms with van der Waals surface area (Å²) in [5.74, 6) is -1.42. The molecular formula is C13H15FN2O2. The fraction of sp³-hybridized carbons (Fsp3) is 0.462. The average Bonchev–Trinajstić information content (AvgIpc) is 2.71. The van der Waals surface area contributed by atoms with Crippen molar-refractivity contribution in [2.45, 2.75) is 26.2 Å². The number of imide groups is 1. The number of carbonyl (C=O) groups is 2. The van der Waals surface area contributed by atoms with Gasteiger partial charge in [0, 0.05) is 19.2 Å². The Balaban J connectivity index is 2.15. The lowest BCUT2D eigenvalue weighted by Gasteiger charge is -2.14. The average molecular weight is 250 g/mol. The summed E-state index contributed by atoms with van der Waals surface area (Å²) in [6.45, 7) is 2.43. The van der Waals surface area contributed by atoms with Gasteiger partial charge in [0.2, 0.25) is 11.9 Å². The molecule has 2 rings (SSSR count). The van der Waals surface area contributed by atoms with Crippen LogP contribution in [0.4, 0.5) is 4.39 Å². The molecule has 2 heterocycles. The molecule has 1 unspecified atom stereocenters. The quantitative estimate of drug-likeness (QED) is 0.609. The van der Waals surface area contributed by atoms with Crippen molar-refractivity contribution in [1.29, 1.82) is 0 Å². The van der Waals surface area contributed by atoms with E-state index in [-0.39, 0.29) is 17.4 Å². The van der Waals surface area contributed by atoms with E-state index in [1.165, 1.54) is 18.3 Å². The van der Waals surface area contributed by atoms with Crippen LogP contribution in [0.15, 0.2) is 18.3 Å². The van der Waals surface area contributed by atoms with Crippen molar-refractivity contribution in [3.05, 3.63) is 29.8 Å². The van der Waals surface area contributed by atoms with Gasteiger partial charge in [-0.05, 0) is 24.5 Å². The summed E-state index contributed by atoms with van der Waals surface area (Å²) >= 11 is 0. The third-order valence-corrected chi connectivity index (χ3v) is 3.14. The standard InChI is InChI=1S/C13H15FN2O2/c1-2-4-9-7-11(17)16(8-9)13(18)10-5-3-6-15-12(10)14/h3,5-6,9H,2,4,7-8H2,1H3. The van der Waals surface area contributed by atoms with E-state index in [4.69, 9.17) is 0 Å². The maximum absolute atomic E-state index is 13.4. The van der Waals surface area contributed by atoms with E-state index in [0.29, 0.717) is 13.0 Å². The van der Waals surface area contributed by atoms with Crippen LogP contribution < -0.4 is 0 Å². The summed E-state index contributed by atoms with van der Waals surface area (Å²) in [7, 11) is 0. The lowest BCUT2D eigenvalue weighted by Crippen LogP contribution is -2.33. The molecule has 1 saturated heterocycles. The number of hydrogen-bond acceptors (Lipinski definition) is 3. The minimum Gasteiger partial charge on any atom is -0.278 e. The van der Waals surface area contributed by atoms with Crippen LogP contribution in [0.2, 0.25) is 0 Å². The summed E-state index contributed by atoms with van der Waals surface area (Å²) in [4.78, 5) is 28.4. The first kappa shape index (κ1) is 12.7. The van der Waals surface area contributed by atoms with Gasteiger partial charge in [-0.25, -0.2) is 4.98 Å². The Kier molecular flexibility index (Phi) is 3.69. The molecule has 0 aliphatic carbocycles. The van der Waals surface area contributed by atoms with Crippen LogP contribution in [0.25, 0.3) is 0 Å². The van der Waals surface area contributed by atoms with Crippen molar-refractivity contribution in [3.8, 4) is 0 Å². The molecule has 0 radical (unpaired) electrons. The number of aromatic nitrogens is 1. The summed E-state index contributed by atoms with van der Waals surface area (Å²) in [5, 5.41) is 0. The van der Waals surface area contributed by atoms with Gasteiger partial charge in [0.1, 0.15) is 0 Å². The second-order valence-corrected chi connectivity index (χ2v) is 4.51. The first-order chi connectivity index (χ1) is 8.63. The van der Waals surface area contributed by atoms with Crippen molar-refractivity contribution in [1.82, 2.24) is 9.88 Å². The third kappa shape index (κ3) is 2.39. The molecule has 0 saturated carbocycles. The lowest BCUT2D eigenvalue weighted by atomic mass is 10.0. The molecule has 0 N–H and O–H groups in total. The Bertz CT molecular complexity index is 476. The van der Waals surface area contributed by atoms with Crippen LogP contribution >= 0.6 is 0 Å². The monoisotopic (exact) mass is 250 g/mol. The number of halogens is 1. The van der Waals surface area contributed by atoms with E-state index in [9.17, 15) is 14.0 Å². The van der Waals surface area contributed by atoms with Crippen molar-refractivity contribution >= 4 is 11.8 Å². The molecule has 1 aromatic heterocycles. The summed E-state index contributed by atoms with van der Waals surface area (Å²) in [6, 6.07) is 2.84. The van der Waals surface area contributed by atoms with Crippen LogP contribution in [-0.2, 0) is 4.79 Å². The zero-order chi connectivity index (χ0) is 13.1. The van der Waals surface area contributed by atoms with Crippen molar-refractivity contribution in [2.75, 3.05) is 6.54 Å². The zero-order valence-corrected chi connectivity index (χ0v) is 10.2. The molecule has 0 aromatic carbocycles. The van der Waals surface area contributed by atoms with Crippen molar-refractivity contribution < 1.29 is 14.0 Å². The highest BCUT2D eigenvalue weighted by atomic mass is 19.1. The molecule has 1 fully saturated rings. The van der Waals surface area contributed by atoms with Gasteiger partial charge in [0.15, 0.2) is 0 Å². The first-order valence-corrected chi connectivity index (χ1v) is 6.08. The molecule has 1 aliphatic rings. The van der Waals surface area contributed by atoms with Gasteiger partial charge in [-0.3, -0.25) is 14.5 Å². The van der Waals surface area contributed by atoms with Crippen LogP contribution in [0.1, 0.15) is 36.5 Å². The molecule has 5 heteroatoms. The van der Waals surface area contributed by atoms with Gasteiger partial charge in [0.25, 0.3) is 5.91 Å². The normalized spacial score (nSPS) is 19.3. The Morgan fingerprint density at radius 3 is 3.06 bits per heavy atom. The van der Waals surface area contributed by atoms with Crippen LogP contribution in [0.5, 0.6) is 0 Å². The maximum Gasteiger partial charge on any atom is 0.265 e. The molecule has 18 heavy (non-hydrogen) atoms. The molecule has 0 spiro atoms. The molecule has 4 nitrogen and oxygen atoms in total. The van der Waals surface area contributed by atoms with E-state index < -0.39 is 11.9 Å². The highest BCUT2D eigenvalue weighted by Gasteiger charge is 2.34. The molecule has 1 aromatic rings. The SMILES string of the molecule is CCCC1CC(=O)N(C(=O)c2cccnc2F)C1. The molecule has 96 valence electrons. The lowest BCUT2D eigenvalue weighted by molar-refractivity contribution is -0.125. The van der Waals surface area contributed by atoms with Gasteiger partial charge in [-0.15, -0.1) is 0 Å². The first-order valence-electron chi connectivity index (χ1n) is 6.08. The Labute approximate surface area is 105 Å². The maximum atomic E-state index is 13.4. The van der Waals surface area contributed by atoms with Gasteiger partial charge >= 0.3 is 0 Å². The van der Waals surface area contributed by atoms with E-state index in [1.807, 2.05) is 6.92 Å². The fourth-order valence-corrected chi connectivity index (χ4v) is 2.27. The van der Waals surface area contributed by atoms with Gasteiger partial charge in [-0.1, -0.05) is 13.3 Å². The molecule has 1 atom stereocenters. The minimum absolute atomic E-state index is 0.136. The second kappa shape index (κ2) is 5.25. The molecular weight excluding hydrogens is 235 g/mol. The Morgan fingerprint density at radius 2 is 2.39 bits per heavy atom. The van der Waals surface area contributed by atoms with Crippen LogP contribution in [0, 0.1) is 11.9 Å². The van der Waals surface area contributed by atoms with Crippen molar-refractivity contribution in [2.24, 2.45) is 5.92 Å². The predicted octanol–water partition coefficient (Wildman–Crippen LogP) is 2.01. The largest absolute Gasteiger partial charge is 0.278 e. The third-order valence-electron chi connectivity index (χ3n) is 3.14. The summed E-state index contributed by atoms with van der Waals surface area (Å²) < 4.78 is 13.4. The molecule has 2 amide bonds. The van der Waals surface area contributed by atoms with Gasteiger partial charge < -0.3 is 0 Å². The zero-order valence-electron chi connectivity index (χ0n) is 10.2. The summed E-state index contributed by atoms with van der Waals surface area (Å²) in [6.07, 6.45) is 3.53. The number of carbonyl (C=O) groups excluding carboxylic acids is 2. The highest BCUT2D eigenvalue weighted by molar-refractivity contribution is 6.05. The van der Waals surface area contributed by atoms with Gasteiger partial charge in [-0.2, -0.15) is 4.39 Å². The number of amides is 2. The smallest absolute Gasteiger partial charge is 0.265 e. The molecule has 1 aliphatic heterocycles. The van der Waals surface area contributed by atoms with E-state index in [1.54, 1.807) is 0 Å². The number of pyridine rings is 1. The van der Waals surface area contributed by atoms with E-state index in [2.05, 4.69) is 4.98 Å². The highest BCUT2D eigenvalue weighted by Crippen LogP contribution is 2.24. The number of likely N-dealkylation sites (tertiary alicyclic amines) is 1. The topological polar surface area (TPSA) is 50.3 Å². The predicted molar refractivity (Wildman–Crippen MR) is 63.3 cm³/mol. The Hall–Kier alpha value is -1.78. The van der Waals surface area contributed by atoms with E-state index in [0.717, 1.165) is 17.7 Å². The number of rotatable bonds is 3. The van der Waals surface area contributed by atoms with Crippen LogP contribution in [-0.4, -0.2) is 28.2 Å². The van der Waals surface area contributed by atoms with Crippen molar-refractivity contribution in [3.63, 3.8) is 0 Å². The van der Waals surface area contributed by atoms with Gasteiger partial charge in [0.05, 0.1) is 5.56 Å². The van der Waals surface area contributed by atoms with E-state index >= 15 is 0 Å². The summed E-state index contributed by atoms with van der Waals surface area (Å²) in [5.41, 5.74) is -0.136. The van der Waals surface area contributed by atoms with Crippen LogP contribution in [0.3, 0.4) is 0 Å². The number of nitrogens with zero attached hydrogens (tertiary/aromatic N) is 2. The molecule has 0 bridgehead atoms. The fourth-order valence-electron chi connectivity index (χ4n) is 2.27.